The molecule has 8 aromatic rings. The van der Waals surface area contributed by atoms with Gasteiger partial charge in [-0.1, -0.05) is 97.1 Å². The summed E-state index contributed by atoms with van der Waals surface area (Å²) in [5.41, 5.74) is 30.1. The number of carboxylic acid groups (broad SMARTS) is 1. The van der Waals surface area contributed by atoms with Crippen molar-refractivity contribution in [2.45, 2.75) is 26.9 Å². The Bertz CT molecular complexity index is 2830. The Balaban J connectivity index is 0.000000196. The Kier molecular flexibility index (Phi) is 18.5. The number of halogens is 3. The molecule has 0 amide bonds. The maximum absolute atomic E-state index is 11.2. The lowest BCUT2D eigenvalue weighted by molar-refractivity contribution is -0.192. The predicted octanol–water partition coefficient (Wildman–Crippen LogP) is 8.01. The van der Waals surface area contributed by atoms with Gasteiger partial charge in [0.25, 0.3) is 0 Å². The monoisotopic (exact) mass is 929 g/mol. The number of nitrogens with two attached hydrogens (primary N) is 4. The van der Waals surface area contributed by atoms with Gasteiger partial charge in [0.05, 0.1) is 22.2 Å². The molecule has 0 atom stereocenters. The lowest BCUT2D eigenvalue weighted by atomic mass is 10.1. The van der Waals surface area contributed by atoms with Gasteiger partial charge in [0.2, 0.25) is 17.8 Å². The van der Waals surface area contributed by atoms with Gasteiger partial charge in [0, 0.05) is 43.9 Å². The van der Waals surface area contributed by atoms with Crippen molar-refractivity contribution in [3.05, 3.63) is 138 Å². The molecule has 352 valence electrons. The number of carbonyl (C=O) groups excluding carboxylic acids is 1. The van der Waals surface area contributed by atoms with Gasteiger partial charge in [-0.15, -0.1) is 0 Å². The Hall–Kier alpha value is -9.01. The Morgan fingerprint density at radius 3 is 1.32 bits per heavy atom. The molecule has 0 saturated heterocycles. The highest BCUT2D eigenvalue weighted by atomic mass is 19.4. The number of anilines is 7. The minimum Gasteiger partial charge on any atom is -0.475 e. The van der Waals surface area contributed by atoms with Gasteiger partial charge in [-0.2, -0.15) is 43.1 Å². The van der Waals surface area contributed by atoms with E-state index in [9.17, 15) is 18.0 Å². The molecule has 0 unspecified atom stereocenters. The summed E-state index contributed by atoms with van der Waals surface area (Å²) in [5, 5.41) is 17.8. The number of carbonyl (C=O) groups is 2. The number of fused-ring (bicyclic) bond motifs is 2. The number of nitrogens with one attached hydrogen (secondary N) is 3. The summed E-state index contributed by atoms with van der Waals surface area (Å²) < 4.78 is 31.7. The van der Waals surface area contributed by atoms with Crippen LogP contribution in [-0.2, 0) is 4.79 Å². The molecule has 0 saturated carbocycles. The van der Waals surface area contributed by atoms with Crippen LogP contribution in [0.5, 0.6) is 0 Å². The Labute approximate surface area is 389 Å². The predicted molar refractivity (Wildman–Crippen MR) is 263 cm³/mol. The number of rotatable bonds is 7. The first-order valence-corrected chi connectivity index (χ1v) is 20.3. The number of pyridine rings is 2. The van der Waals surface area contributed by atoms with E-state index in [4.69, 9.17) is 32.8 Å². The number of nitrogens with zero attached hydrogens (tertiary/aromatic N) is 8. The van der Waals surface area contributed by atoms with Crippen molar-refractivity contribution in [2.75, 3.05) is 60.0 Å². The van der Waals surface area contributed by atoms with Crippen LogP contribution in [-0.4, -0.2) is 84.1 Å². The highest BCUT2D eigenvalue weighted by Crippen LogP contribution is 2.29. The SMILES string of the molecule is C/C=C/C(=O)c1ccccc1.CNc1cc(N)nc(N)n1.CNc1nc(N)nc2nc(-c3ccccc3)cc(C)c12.CNc1nc(N)nc2nc(-c3ccccc3)cc(C)c12.O=C(O)C(F)(F)F. The zero-order chi connectivity index (χ0) is 50.0. The third-order valence-corrected chi connectivity index (χ3v) is 9.01. The number of hydrogen-bond acceptors (Lipinski definition) is 17. The minimum absolute atomic E-state index is 0.0631. The molecule has 0 aliphatic heterocycles. The molecule has 0 radical (unpaired) electrons. The van der Waals surface area contributed by atoms with Gasteiger partial charge in [-0.25, -0.2) is 14.8 Å². The van der Waals surface area contributed by atoms with Gasteiger partial charge in [0.15, 0.2) is 17.1 Å². The van der Waals surface area contributed by atoms with Crippen LogP contribution < -0.4 is 38.9 Å². The van der Waals surface area contributed by atoms with Crippen LogP contribution in [0.25, 0.3) is 44.6 Å². The second-order valence-corrected chi connectivity index (χ2v) is 14.0. The smallest absolute Gasteiger partial charge is 0.475 e. The normalized spacial score (nSPS) is 10.5. The summed E-state index contributed by atoms with van der Waals surface area (Å²) in [6.07, 6.45) is -1.77. The van der Waals surface area contributed by atoms with Crippen LogP contribution in [0, 0.1) is 13.8 Å². The third kappa shape index (κ3) is 14.8. The maximum atomic E-state index is 11.2. The summed E-state index contributed by atoms with van der Waals surface area (Å²) >= 11 is 0. The second-order valence-electron chi connectivity index (χ2n) is 14.0. The van der Waals surface area contributed by atoms with Crippen LogP contribution >= 0.6 is 0 Å². The molecule has 8 rings (SSSR count). The van der Waals surface area contributed by atoms with E-state index in [2.05, 4.69) is 55.8 Å². The van der Waals surface area contributed by atoms with E-state index < -0.39 is 12.1 Å². The molecule has 21 heteroatoms. The number of hydrogen-bond donors (Lipinski definition) is 8. The van der Waals surface area contributed by atoms with E-state index in [0.29, 0.717) is 34.6 Å². The molecule has 0 fully saturated rings. The fraction of sp³-hybridized carbons (Fsp3) is 0.149. The lowest BCUT2D eigenvalue weighted by Crippen LogP contribution is -2.21. The highest BCUT2D eigenvalue weighted by Gasteiger charge is 2.38. The molecule has 5 aromatic heterocycles. The van der Waals surface area contributed by atoms with E-state index in [1.54, 1.807) is 25.3 Å². The summed E-state index contributed by atoms with van der Waals surface area (Å²) in [6.45, 7) is 5.88. The first-order chi connectivity index (χ1) is 32.4. The Morgan fingerprint density at radius 2 is 0.971 bits per heavy atom. The van der Waals surface area contributed by atoms with E-state index >= 15 is 0 Å². The highest BCUT2D eigenvalue weighted by molar-refractivity contribution is 6.04. The molecule has 18 nitrogen and oxygen atoms in total. The molecule has 0 aliphatic carbocycles. The number of aryl methyl sites for hydroxylation is 2. The molecule has 0 spiro atoms. The van der Waals surface area contributed by atoms with E-state index in [1.807, 2.05) is 138 Å². The number of ketones is 1. The van der Waals surface area contributed by atoms with Gasteiger partial charge >= 0.3 is 12.1 Å². The molecule has 0 bridgehead atoms. The summed E-state index contributed by atoms with van der Waals surface area (Å²) in [5.74, 6) is 0.346. The molecule has 12 N–H and O–H groups in total. The number of aromatic nitrogens is 8. The lowest BCUT2D eigenvalue weighted by Gasteiger charge is -2.10. The van der Waals surface area contributed by atoms with E-state index in [-0.39, 0.29) is 23.6 Å². The fourth-order valence-electron chi connectivity index (χ4n) is 6.01. The van der Waals surface area contributed by atoms with Crippen molar-refractivity contribution in [3.63, 3.8) is 0 Å². The molecule has 68 heavy (non-hydrogen) atoms. The number of allylic oxidation sites excluding steroid dienone is 2. The second kappa shape index (κ2) is 24.3. The van der Waals surface area contributed by atoms with E-state index in [1.165, 1.54) is 0 Å². The summed E-state index contributed by atoms with van der Waals surface area (Å²) in [7, 11) is 5.36. The van der Waals surface area contributed by atoms with Crippen LogP contribution in [0.1, 0.15) is 28.4 Å². The fourth-order valence-corrected chi connectivity index (χ4v) is 6.01. The van der Waals surface area contributed by atoms with Crippen molar-refractivity contribution < 1.29 is 27.9 Å². The van der Waals surface area contributed by atoms with Gasteiger partial charge in [-0.3, -0.25) is 4.79 Å². The minimum atomic E-state index is -5.08. The zero-order valence-corrected chi connectivity index (χ0v) is 37.8. The number of nitrogen functional groups attached to an aromatic ring is 4. The topological polar surface area (TPSA) is 298 Å². The summed E-state index contributed by atoms with van der Waals surface area (Å²) in [4.78, 5) is 53.7. The van der Waals surface area contributed by atoms with Gasteiger partial charge < -0.3 is 44.0 Å². The standard InChI is InChI=1S/2C15H15N5.C10H10O.C5H9N5.C2HF3O2/c2*1-9-8-11(10-6-4-3-5-7-10)18-14-12(9)13(17-2)19-15(16)20-14;1-2-6-10(11)9-7-4-3-5-8-9;1-8-4-2-3(6)9-5(7)10-4;3-2(4,5)1(6)7/h2*3-8H,1-2H3,(H3,16,17,18,19,20);2-8H,1H3;2H,1H3,(H5,6,7,8,9,10);(H,6,7)/b;;6-2+;;. The van der Waals surface area contributed by atoms with Crippen LogP contribution in [0.4, 0.5) is 54.3 Å². The average molecular weight is 930 g/mol. The first-order valence-electron chi connectivity index (χ1n) is 20.3. The van der Waals surface area contributed by atoms with Crippen LogP contribution in [0.15, 0.2) is 121 Å². The number of benzene rings is 3. The molecular formula is C47H50F3N15O3. The van der Waals surface area contributed by atoms with Crippen molar-refractivity contribution in [1.29, 1.82) is 0 Å². The van der Waals surface area contributed by atoms with E-state index in [0.717, 1.165) is 50.0 Å². The molecular weight excluding hydrogens is 880 g/mol. The largest absolute Gasteiger partial charge is 0.490 e. The first kappa shape index (κ1) is 51.6. The quantitative estimate of drug-likeness (QED) is 0.0554. The van der Waals surface area contributed by atoms with Crippen molar-refractivity contribution in [1.82, 2.24) is 39.9 Å². The Morgan fingerprint density at radius 1 is 0.574 bits per heavy atom. The number of aliphatic carboxylic acids is 1. The van der Waals surface area contributed by atoms with Crippen LogP contribution in [0.2, 0.25) is 0 Å². The molecule has 5 heterocycles. The molecule has 0 aliphatic rings. The maximum Gasteiger partial charge on any atom is 0.490 e. The number of alkyl halides is 3. The average Bonchev–Trinajstić information content (AvgIpc) is 3.31. The van der Waals surface area contributed by atoms with Crippen molar-refractivity contribution in [2.24, 2.45) is 0 Å². The van der Waals surface area contributed by atoms with Crippen LogP contribution in [0.3, 0.4) is 0 Å². The summed E-state index contributed by atoms with van der Waals surface area (Å²) in [6, 6.07) is 34.9. The van der Waals surface area contributed by atoms with Gasteiger partial charge in [0.1, 0.15) is 23.3 Å². The number of carboxylic acids is 1. The van der Waals surface area contributed by atoms with Crippen molar-refractivity contribution in [3.8, 4) is 22.5 Å². The third-order valence-electron chi connectivity index (χ3n) is 9.01. The van der Waals surface area contributed by atoms with Gasteiger partial charge in [-0.05, 0) is 50.1 Å². The molecule has 3 aromatic carbocycles. The van der Waals surface area contributed by atoms with Crippen molar-refractivity contribution >= 4 is 74.9 Å². The zero-order valence-electron chi connectivity index (χ0n) is 37.8.